The molecule has 1 N–H and O–H groups in total. The summed E-state index contributed by atoms with van der Waals surface area (Å²) in [5.74, 6) is 0.561. The van der Waals surface area contributed by atoms with Crippen molar-refractivity contribution in [1.29, 1.82) is 0 Å². The van der Waals surface area contributed by atoms with Crippen molar-refractivity contribution >= 4 is 21.8 Å². The van der Waals surface area contributed by atoms with Gasteiger partial charge in [0.15, 0.2) is 11.5 Å². The summed E-state index contributed by atoms with van der Waals surface area (Å²) in [6.07, 6.45) is 1.61. The zero-order valence-electron chi connectivity index (χ0n) is 13.5. The summed E-state index contributed by atoms with van der Waals surface area (Å²) in [6, 6.07) is 11.4. The van der Waals surface area contributed by atoms with Crippen molar-refractivity contribution in [2.45, 2.75) is 6.04 Å². The van der Waals surface area contributed by atoms with E-state index >= 15 is 0 Å². The number of nitrogens with zero attached hydrogens (tertiary/aromatic N) is 2. The van der Waals surface area contributed by atoms with Gasteiger partial charge in [-0.25, -0.2) is 0 Å². The number of aromatic nitrogens is 2. The quantitative estimate of drug-likeness (QED) is 0.708. The van der Waals surface area contributed by atoms with Gasteiger partial charge in [-0.3, -0.25) is 9.89 Å². The van der Waals surface area contributed by atoms with Crippen LogP contribution >= 0.6 is 15.9 Å². The van der Waals surface area contributed by atoms with E-state index in [-0.39, 0.29) is 11.9 Å². The first-order valence-electron chi connectivity index (χ1n) is 7.88. The van der Waals surface area contributed by atoms with E-state index < -0.39 is 0 Å². The lowest BCUT2D eigenvalue weighted by molar-refractivity contribution is 0.0677. The number of carbonyl (C=O) groups excluding carboxylic acids is 1. The molecule has 0 saturated carbocycles. The van der Waals surface area contributed by atoms with Gasteiger partial charge in [0.2, 0.25) is 0 Å². The minimum Gasteiger partial charge on any atom is -0.463 e. The summed E-state index contributed by atoms with van der Waals surface area (Å²) in [5.41, 5.74) is 3.04. The number of benzene rings is 1. The van der Waals surface area contributed by atoms with Crippen LogP contribution in [0.25, 0.3) is 11.5 Å². The van der Waals surface area contributed by atoms with Gasteiger partial charge in [-0.1, -0.05) is 28.1 Å². The summed E-state index contributed by atoms with van der Waals surface area (Å²) in [4.78, 5) is 14.7. The Morgan fingerprint density at radius 1 is 1.32 bits per heavy atom. The van der Waals surface area contributed by atoms with Gasteiger partial charge in [-0.15, -0.1) is 0 Å². The van der Waals surface area contributed by atoms with Crippen LogP contribution < -0.4 is 0 Å². The summed E-state index contributed by atoms with van der Waals surface area (Å²) < 4.78 is 11.7. The molecule has 0 radical (unpaired) electrons. The van der Waals surface area contributed by atoms with E-state index in [9.17, 15) is 4.79 Å². The van der Waals surface area contributed by atoms with Gasteiger partial charge < -0.3 is 14.1 Å². The first kappa shape index (κ1) is 16.1. The molecule has 1 amide bonds. The lowest BCUT2D eigenvalue weighted by atomic mass is 9.98. The van der Waals surface area contributed by atoms with Crippen LogP contribution in [0.5, 0.6) is 0 Å². The molecule has 6 nitrogen and oxygen atoms in total. The van der Waals surface area contributed by atoms with Gasteiger partial charge in [0.05, 0.1) is 18.9 Å². The number of aromatic amines is 1. The molecule has 0 spiro atoms. The zero-order valence-corrected chi connectivity index (χ0v) is 15.1. The predicted octanol–water partition coefficient (Wildman–Crippen LogP) is 3.62. The van der Waals surface area contributed by atoms with Gasteiger partial charge in [0.1, 0.15) is 5.69 Å². The van der Waals surface area contributed by atoms with Gasteiger partial charge in [0, 0.05) is 23.7 Å². The van der Waals surface area contributed by atoms with Gasteiger partial charge >= 0.3 is 0 Å². The molecule has 1 atom stereocenters. The van der Waals surface area contributed by atoms with Gasteiger partial charge in [-0.2, -0.15) is 5.10 Å². The molecule has 2 aromatic heterocycles. The number of carbonyl (C=O) groups is 1. The Bertz CT molecular complexity index is 887. The van der Waals surface area contributed by atoms with E-state index in [1.807, 2.05) is 36.4 Å². The first-order valence-corrected chi connectivity index (χ1v) is 8.67. The Morgan fingerprint density at radius 2 is 2.12 bits per heavy atom. The third-order valence-corrected chi connectivity index (χ3v) is 4.87. The number of hydrogen-bond donors (Lipinski definition) is 1. The van der Waals surface area contributed by atoms with Crippen LogP contribution in [0.2, 0.25) is 0 Å². The Morgan fingerprint density at radius 3 is 2.80 bits per heavy atom. The molecule has 0 aliphatic carbocycles. The summed E-state index contributed by atoms with van der Waals surface area (Å²) in [5, 5.41) is 7.22. The first-order chi connectivity index (χ1) is 12.2. The molecule has 1 aromatic carbocycles. The lowest BCUT2D eigenvalue weighted by Gasteiger charge is -2.26. The lowest BCUT2D eigenvalue weighted by Crippen LogP contribution is -2.32. The Balaban J connectivity index is 1.85. The van der Waals surface area contributed by atoms with E-state index in [2.05, 4.69) is 26.1 Å². The summed E-state index contributed by atoms with van der Waals surface area (Å²) in [6.45, 7) is 0.951. The highest BCUT2D eigenvalue weighted by molar-refractivity contribution is 9.10. The normalized spacial score (nSPS) is 16.5. The molecule has 25 heavy (non-hydrogen) atoms. The maximum absolute atomic E-state index is 12.9. The summed E-state index contributed by atoms with van der Waals surface area (Å²) >= 11 is 3.46. The molecule has 3 heterocycles. The number of methoxy groups -OCH3 is 1. The molecule has 0 fully saturated rings. The minimum absolute atomic E-state index is 0.103. The fourth-order valence-corrected chi connectivity index (χ4v) is 3.47. The molecular weight excluding hydrogens is 386 g/mol. The monoisotopic (exact) mass is 401 g/mol. The number of amides is 1. The third kappa shape index (κ3) is 2.69. The molecule has 7 heteroatoms. The van der Waals surface area contributed by atoms with Gasteiger partial charge in [-0.05, 0) is 29.8 Å². The van der Waals surface area contributed by atoms with Crippen LogP contribution in [0.4, 0.5) is 0 Å². The van der Waals surface area contributed by atoms with Crippen LogP contribution in [0.15, 0.2) is 51.6 Å². The maximum atomic E-state index is 12.9. The van der Waals surface area contributed by atoms with Crippen molar-refractivity contribution in [3.63, 3.8) is 0 Å². The van der Waals surface area contributed by atoms with E-state index in [1.165, 1.54) is 0 Å². The average Bonchev–Trinajstić information content (AvgIpc) is 3.32. The van der Waals surface area contributed by atoms with Crippen molar-refractivity contribution in [2.24, 2.45) is 0 Å². The number of H-pyrrole nitrogens is 1. The van der Waals surface area contributed by atoms with Crippen molar-refractivity contribution in [3.8, 4) is 11.5 Å². The fourth-order valence-electron chi connectivity index (χ4n) is 3.21. The van der Waals surface area contributed by atoms with E-state index in [0.717, 1.165) is 21.3 Å². The number of halogens is 1. The number of ether oxygens (including phenoxy) is 1. The highest BCUT2D eigenvalue weighted by Crippen LogP contribution is 2.42. The van der Waals surface area contributed by atoms with Crippen molar-refractivity contribution in [2.75, 3.05) is 20.3 Å². The number of furan rings is 1. The van der Waals surface area contributed by atoms with Crippen LogP contribution in [-0.4, -0.2) is 41.3 Å². The second kappa shape index (κ2) is 6.50. The highest BCUT2D eigenvalue weighted by Gasteiger charge is 2.42. The Hall–Kier alpha value is -2.38. The second-order valence-corrected chi connectivity index (χ2v) is 6.70. The summed E-state index contributed by atoms with van der Waals surface area (Å²) in [7, 11) is 1.63. The average molecular weight is 402 g/mol. The highest BCUT2D eigenvalue weighted by atomic mass is 79.9. The number of fused-ring (bicyclic) bond motifs is 1. The topological polar surface area (TPSA) is 71.4 Å². The fraction of sp³-hybridized carbons (Fsp3) is 0.222. The molecule has 1 aliphatic heterocycles. The smallest absolute Gasteiger partial charge is 0.275 e. The number of hydrogen-bond acceptors (Lipinski definition) is 4. The Kier molecular flexibility index (Phi) is 4.19. The molecule has 0 bridgehead atoms. The molecule has 128 valence electrons. The maximum Gasteiger partial charge on any atom is 0.275 e. The molecule has 3 aromatic rings. The molecule has 1 unspecified atom stereocenters. The molecule has 1 aliphatic rings. The van der Waals surface area contributed by atoms with Crippen LogP contribution in [0.1, 0.15) is 27.7 Å². The van der Waals surface area contributed by atoms with Gasteiger partial charge in [0.25, 0.3) is 5.91 Å². The van der Waals surface area contributed by atoms with Crippen molar-refractivity contribution < 1.29 is 13.9 Å². The van der Waals surface area contributed by atoms with Crippen LogP contribution in [0.3, 0.4) is 0 Å². The molecule has 0 saturated heterocycles. The number of nitrogens with one attached hydrogen (secondary N) is 1. The SMILES string of the molecule is COCCN1C(=O)c2n[nH]c(-c3ccco3)c2C1c1ccc(Br)cc1. The van der Waals surface area contributed by atoms with Crippen LogP contribution in [-0.2, 0) is 4.74 Å². The standard InChI is InChI=1S/C18H16BrN3O3/c1-24-10-8-22-17(11-4-6-12(19)7-5-11)14-15(13-3-2-9-25-13)20-21-16(14)18(22)23/h2-7,9,17H,8,10H2,1H3,(H,20,21). The van der Waals surface area contributed by atoms with E-state index in [0.29, 0.717) is 24.6 Å². The molecule has 4 rings (SSSR count). The van der Waals surface area contributed by atoms with E-state index in [4.69, 9.17) is 9.15 Å². The van der Waals surface area contributed by atoms with Crippen molar-refractivity contribution in [1.82, 2.24) is 15.1 Å². The van der Waals surface area contributed by atoms with E-state index in [1.54, 1.807) is 18.3 Å². The Labute approximate surface area is 152 Å². The zero-order chi connectivity index (χ0) is 17.4. The van der Waals surface area contributed by atoms with Crippen molar-refractivity contribution in [3.05, 3.63) is 64.0 Å². The molecular formula is C18H16BrN3O3. The largest absolute Gasteiger partial charge is 0.463 e. The minimum atomic E-state index is -0.232. The predicted molar refractivity (Wildman–Crippen MR) is 95.2 cm³/mol. The second-order valence-electron chi connectivity index (χ2n) is 5.78. The number of rotatable bonds is 5. The third-order valence-electron chi connectivity index (χ3n) is 4.34. The van der Waals surface area contributed by atoms with Crippen LogP contribution in [0, 0.1) is 0 Å².